The number of nitrogens with two attached hydrogens (primary N) is 2. The Bertz CT molecular complexity index is 589. The van der Waals surface area contributed by atoms with E-state index in [4.69, 9.17) is 11.5 Å². The molecule has 28 heavy (non-hydrogen) atoms. The molecule has 1 aliphatic carbocycles. The summed E-state index contributed by atoms with van der Waals surface area (Å²) in [6.07, 6.45) is 6.90. The molecule has 0 aliphatic heterocycles. The predicted octanol–water partition coefficient (Wildman–Crippen LogP) is 4.32. The summed E-state index contributed by atoms with van der Waals surface area (Å²) in [7, 11) is 0. The summed E-state index contributed by atoms with van der Waals surface area (Å²) in [6.45, 7) is 14.1. The fourth-order valence-corrected chi connectivity index (χ4v) is 3.53. The monoisotopic (exact) mass is 386 g/mol. The molecule has 0 radical (unpaired) electrons. The van der Waals surface area contributed by atoms with E-state index >= 15 is 0 Å². The van der Waals surface area contributed by atoms with Crippen LogP contribution in [0, 0.1) is 6.92 Å². The van der Waals surface area contributed by atoms with Gasteiger partial charge in [-0.1, -0.05) is 50.3 Å². The number of rotatable bonds is 10. The van der Waals surface area contributed by atoms with Gasteiger partial charge in [-0.15, -0.1) is 0 Å². The third kappa shape index (κ3) is 8.94. The van der Waals surface area contributed by atoms with Crippen LogP contribution in [0.25, 0.3) is 0 Å². The second-order valence-electron chi connectivity index (χ2n) is 7.58. The quantitative estimate of drug-likeness (QED) is 0.452. The van der Waals surface area contributed by atoms with Gasteiger partial charge in [-0.3, -0.25) is 0 Å². The molecule has 0 amide bonds. The zero-order valence-corrected chi connectivity index (χ0v) is 18.3. The van der Waals surface area contributed by atoms with E-state index in [1.807, 2.05) is 6.92 Å². The number of hydrogen-bond acceptors (Lipinski definition) is 4. The van der Waals surface area contributed by atoms with Gasteiger partial charge in [0.2, 0.25) is 0 Å². The molecule has 1 aliphatic rings. The van der Waals surface area contributed by atoms with Crippen molar-refractivity contribution in [1.29, 1.82) is 0 Å². The average molecular weight is 387 g/mol. The zero-order chi connectivity index (χ0) is 20.8. The lowest BCUT2D eigenvalue weighted by molar-refractivity contribution is 0.549. The van der Waals surface area contributed by atoms with Gasteiger partial charge in [0.05, 0.1) is 0 Å². The molecule has 2 rings (SSSR count). The smallest absolute Gasteiger partial charge is 0.0317 e. The molecule has 1 aromatic rings. The number of allylic oxidation sites excluding steroid dienone is 2. The summed E-state index contributed by atoms with van der Waals surface area (Å²) in [5.41, 5.74) is 17.0. The Morgan fingerprint density at radius 2 is 1.71 bits per heavy atom. The van der Waals surface area contributed by atoms with Crippen molar-refractivity contribution in [2.75, 3.05) is 26.2 Å². The van der Waals surface area contributed by atoms with Crippen molar-refractivity contribution in [3.05, 3.63) is 58.9 Å². The van der Waals surface area contributed by atoms with Gasteiger partial charge in [0.15, 0.2) is 0 Å². The maximum atomic E-state index is 6.11. The number of aryl methyl sites for hydroxylation is 1. The first kappa shape index (κ1) is 24.3. The average Bonchev–Trinajstić information content (AvgIpc) is 2.69. The highest BCUT2D eigenvalue weighted by Gasteiger charge is 2.12. The molecule has 0 spiro atoms. The fourth-order valence-electron chi connectivity index (χ4n) is 3.53. The van der Waals surface area contributed by atoms with Crippen molar-refractivity contribution < 1.29 is 0 Å². The summed E-state index contributed by atoms with van der Waals surface area (Å²) in [4.78, 5) is 0. The van der Waals surface area contributed by atoms with Gasteiger partial charge in [-0.2, -0.15) is 0 Å². The van der Waals surface area contributed by atoms with Crippen LogP contribution in [0.15, 0.2) is 47.8 Å². The van der Waals surface area contributed by atoms with Crippen LogP contribution < -0.4 is 22.1 Å². The molecule has 1 unspecified atom stereocenters. The molecule has 0 saturated carbocycles. The van der Waals surface area contributed by atoms with E-state index in [1.165, 1.54) is 42.4 Å². The van der Waals surface area contributed by atoms with Gasteiger partial charge in [-0.05, 0) is 75.6 Å². The van der Waals surface area contributed by atoms with E-state index in [0.29, 0.717) is 5.92 Å². The number of benzene rings is 1. The lowest BCUT2D eigenvalue weighted by Gasteiger charge is -2.20. The van der Waals surface area contributed by atoms with Gasteiger partial charge >= 0.3 is 0 Å². The molecule has 0 saturated heterocycles. The van der Waals surface area contributed by atoms with Crippen molar-refractivity contribution in [2.24, 2.45) is 11.5 Å². The minimum Gasteiger partial charge on any atom is -0.402 e. The van der Waals surface area contributed by atoms with Gasteiger partial charge in [0.1, 0.15) is 0 Å². The summed E-state index contributed by atoms with van der Waals surface area (Å²) in [5, 5.41) is 6.98. The SMILES string of the molecule is C=C(NCCNCCC(CC)c1ccc(C)cc1)C1=C(N)CCCC1.CCN. The van der Waals surface area contributed by atoms with E-state index in [-0.39, 0.29) is 0 Å². The Labute approximate surface area is 172 Å². The third-order valence-electron chi connectivity index (χ3n) is 5.23. The van der Waals surface area contributed by atoms with Crippen molar-refractivity contribution in [2.45, 2.75) is 65.2 Å². The topological polar surface area (TPSA) is 76.1 Å². The van der Waals surface area contributed by atoms with Crippen molar-refractivity contribution in [3.8, 4) is 0 Å². The van der Waals surface area contributed by atoms with Crippen LogP contribution in [0.4, 0.5) is 0 Å². The van der Waals surface area contributed by atoms with Crippen LogP contribution in [-0.4, -0.2) is 26.2 Å². The maximum absolute atomic E-state index is 6.11. The van der Waals surface area contributed by atoms with Gasteiger partial charge in [0, 0.05) is 24.5 Å². The summed E-state index contributed by atoms with van der Waals surface area (Å²) in [5.74, 6) is 0.642. The van der Waals surface area contributed by atoms with E-state index in [1.54, 1.807) is 0 Å². The molecule has 0 heterocycles. The van der Waals surface area contributed by atoms with E-state index in [2.05, 4.69) is 55.3 Å². The predicted molar refractivity (Wildman–Crippen MR) is 123 cm³/mol. The lowest BCUT2D eigenvalue weighted by atomic mass is 9.92. The second kappa shape index (κ2) is 14.3. The Hall–Kier alpha value is -1.78. The Balaban J connectivity index is 0.00000122. The minimum atomic E-state index is 0.642. The van der Waals surface area contributed by atoms with Crippen LogP contribution in [0.3, 0.4) is 0 Å². The molecule has 4 nitrogen and oxygen atoms in total. The molecule has 0 aromatic heterocycles. The zero-order valence-electron chi connectivity index (χ0n) is 18.3. The molecule has 0 bridgehead atoms. The van der Waals surface area contributed by atoms with Crippen LogP contribution in [-0.2, 0) is 0 Å². The van der Waals surface area contributed by atoms with E-state index in [9.17, 15) is 0 Å². The molecule has 1 atom stereocenters. The lowest BCUT2D eigenvalue weighted by Crippen LogP contribution is -2.29. The molecule has 1 aromatic carbocycles. The highest BCUT2D eigenvalue weighted by molar-refractivity contribution is 5.32. The largest absolute Gasteiger partial charge is 0.402 e. The van der Waals surface area contributed by atoms with Crippen LogP contribution in [0.1, 0.15) is 69.4 Å². The Morgan fingerprint density at radius 1 is 1.07 bits per heavy atom. The van der Waals surface area contributed by atoms with Crippen LogP contribution in [0.5, 0.6) is 0 Å². The molecule has 0 fully saturated rings. The maximum Gasteiger partial charge on any atom is 0.0317 e. The summed E-state index contributed by atoms with van der Waals surface area (Å²) in [6, 6.07) is 8.98. The summed E-state index contributed by atoms with van der Waals surface area (Å²) >= 11 is 0. The Kier molecular flexibility index (Phi) is 12.3. The molecular weight excluding hydrogens is 344 g/mol. The molecule has 4 heteroatoms. The highest BCUT2D eigenvalue weighted by Crippen LogP contribution is 2.25. The van der Waals surface area contributed by atoms with Crippen LogP contribution in [0.2, 0.25) is 0 Å². The van der Waals surface area contributed by atoms with Crippen molar-refractivity contribution >= 4 is 0 Å². The minimum absolute atomic E-state index is 0.642. The highest BCUT2D eigenvalue weighted by atomic mass is 14.9. The van der Waals surface area contributed by atoms with E-state index < -0.39 is 0 Å². The molecule has 6 N–H and O–H groups in total. The normalized spacial score (nSPS) is 14.9. The number of hydrogen-bond donors (Lipinski definition) is 4. The summed E-state index contributed by atoms with van der Waals surface area (Å²) < 4.78 is 0. The second-order valence-corrected chi connectivity index (χ2v) is 7.58. The van der Waals surface area contributed by atoms with E-state index in [0.717, 1.165) is 50.4 Å². The van der Waals surface area contributed by atoms with Crippen molar-refractivity contribution in [3.63, 3.8) is 0 Å². The van der Waals surface area contributed by atoms with Gasteiger partial charge in [-0.25, -0.2) is 0 Å². The third-order valence-corrected chi connectivity index (χ3v) is 5.23. The fraction of sp³-hybridized carbons (Fsp3) is 0.583. The van der Waals surface area contributed by atoms with Gasteiger partial charge < -0.3 is 22.1 Å². The number of nitrogens with one attached hydrogen (secondary N) is 2. The van der Waals surface area contributed by atoms with Gasteiger partial charge in [0.25, 0.3) is 0 Å². The first-order valence-corrected chi connectivity index (χ1v) is 10.9. The van der Waals surface area contributed by atoms with Crippen molar-refractivity contribution in [1.82, 2.24) is 10.6 Å². The first-order valence-electron chi connectivity index (χ1n) is 10.9. The first-order chi connectivity index (χ1) is 13.5. The molecular formula is C24H42N4. The molecule has 158 valence electrons. The standard InChI is InChI=1S/C22H35N3.C2H7N/c1-4-19(20-11-9-17(2)10-12-20)13-14-24-15-16-25-18(3)21-7-5-6-8-22(21)23;1-2-3/h9-12,19,24-25H,3-8,13-16,23H2,1-2H3;2-3H2,1H3. The van der Waals surface area contributed by atoms with Crippen LogP contribution >= 0.6 is 0 Å². The Morgan fingerprint density at radius 3 is 2.32 bits per heavy atom.